The molecule has 7 nitrogen and oxygen atoms in total. The number of urea groups is 1. The second kappa shape index (κ2) is 7.18. The Morgan fingerprint density at radius 1 is 1.26 bits per heavy atom. The van der Waals surface area contributed by atoms with E-state index < -0.39 is 27.8 Å². The van der Waals surface area contributed by atoms with Gasteiger partial charge in [-0.2, -0.15) is 0 Å². The zero-order valence-electron chi connectivity index (χ0n) is 12.5. The van der Waals surface area contributed by atoms with Gasteiger partial charge in [-0.1, -0.05) is 11.6 Å². The number of halogens is 1. The van der Waals surface area contributed by atoms with Crippen molar-refractivity contribution in [2.45, 2.75) is 12.5 Å². The van der Waals surface area contributed by atoms with Crippen molar-refractivity contribution in [3.63, 3.8) is 0 Å². The van der Waals surface area contributed by atoms with Crippen molar-refractivity contribution in [1.29, 1.82) is 0 Å². The zero-order valence-corrected chi connectivity index (χ0v) is 14.1. The lowest BCUT2D eigenvalue weighted by Gasteiger charge is -2.13. The van der Waals surface area contributed by atoms with E-state index in [0.717, 1.165) is 11.2 Å². The smallest absolute Gasteiger partial charge is 0.324 e. The molecule has 1 N–H and O–H groups in total. The van der Waals surface area contributed by atoms with Crippen molar-refractivity contribution in [1.82, 2.24) is 10.2 Å². The number of carbonyl (C=O) groups excluding carboxylic acids is 2. The summed E-state index contributed by atoms with van der Waals surface area (Å²) in [7, 11) is -3.18. The first kappa shape index (κ1) is 17.6. The van der Waals surface area contributed by atoms with Crippen LogP contribution in [0.2, 0.25) is 5.02 Å². The van der Waals surface area contributed by atoms with Gasteiger partial charge in [0.15, 0.2) is 0 Å². The van der Waals surface area contributed by atoms with Crippen LogP contribution in [0.15, 0.2) is 24.3 Å². The number of nitrogens with zero attached hydrogens (tertiary/aromatic N) is 1. The van der Waals surface area contributed by atoms with Crippen LogP contribution in [0.4, 0.5) is 4.79 Å². The van der Waals surface area contributed by atoms with E-state index in [2.05, 4.69) is 5.32 Å². The minimum Gasteiger partial charge on any atom is -0.492 e. The molecule has 0 saturated carbocycles. The number of rotatable bonds is 7. The molecule has 2 rings (SSSR count). The average molecular weight is 361 g/mol. The van der Waals surface area contributed by atoms with Crippen LogP contribution in [-0.4, -0.2) is 56.5 Å². The SMILES string of the molecule is CS(=O)(=O)CC[C@H]1NC(=O)N(CCOc2ccc(Cl)cc2)C1=O. The Balaban J connectivity index is 1.84. The Labute approximate surface area is 139 Å². The minimum absolute atomic E-state index is 0.0674. The Kier molecular flexibility index (Phi) is 5.48. The quantitative estimate of drug-likeness (QED) is 0.734. The summed E-state index contributed by atoms with van der Waals surface area (Å²) in [4.78, 5) is 24.9. The molecule has 23 heavy (non-hydrogen) atoms. The fourth-order valence-electron chi connectivity index (χ4n) is 2.10. The summed E-state index contributed by atoms with van der Waals surface area (Å²) in [5.41, 5.74) is 0. The summed E-state index contributed by atoms with van der Waals surface area (Å²) in [5, 5.41) is 3.07. The average Bonchev–Trinajstić information content (AvgIpc) is 2.74. The predicted octanol–water partition coefficient (Wildman–Crippen LogP) is 1.07. The largest absolute Gasteiger partial charge is 0.492 e. The maximum absolute atomic E-state index is 12.1. The fourth-order valence-corrected chi connectivity index (χ4v) is 2.89. The highest BCUT2D eigenvalue weighted by Gasteiger charge is 2.37. The van der Waals surface area contributed by atoms with Crippen LogP contribution in [0.1, 0.15) is 6.42 Å². The normalized spacial score (nSPS) is 18.2. The number of carbonyl (C=O) groups is 2. The Morgan fingerprint density at radius 3 is 2.52 bits per heavy atom. The molecule has 1 aromatic carbocycles. The third-order valence-electron chi connectivity index (χ3n) is 3.28. The van der Waals surface area contributed by atoms with E-state index in [1.807, 2.05) is 0 Å². The maximum Gasteiger partial charge on any atom is 0.324 e. The van der Waals surface area contributed by atoms with Gasteiger partial charge < -0.3 is 10.1 Å². The molecule has 1 atom stereocenters. The summed E-state index contributed by atoms with van der Waals surface area (Å²) >= 11 is 5.76. The van der Waals surface area contributed by atoms with Gasteiger partial charge in [-0.15, -0.1) is 0 Å². The van der Waals surface area contributed by atoms with Crippen molar-refractivity contribution < 1.29 is 22.7 Å². The number of imide groups is 1. The fraction of sp³-hybridized carbons (Fsp3) is 0.429. The lowest BCUT2D eigenvalue weighted by Crippen LogP contribution is -2.35. The zero-order chi connectivity index (χ0) is 17.0. The van der Waals surface area contributed by atoms with Gasteiger partial charge in [0.2, 0.25) is 0 Å². The molecule has 1 saturated heterocycles. The molecule has 1 aliphatic heterocycles. The van der Waals surface area contributed by atoms with Crippen molar-refractivity contribution in [2.75, 3.05) is 25.2 Å². The molecule has 3 amide bonds. The van der Waals surface area contributed by atoms with Crippen LogP contribution in [0, 0.1) is 0 Å². The highest BCUT2D eigenvalue weighted by Crippen LogP contribution is 2.16. The first-order valence-electron chi connectivity index (χ1n) is 6.94. The molecule has 0 aliphatic carbocycles. The van der Waals surface area contributed by atoms with Crippen LogP contribution >= 0.6 is 11.6 Å². The first-order valence-corrected chi connectivity index (χ1v) is 9.38. The second-order valence-corrected chi connectivity index (χ2v) is 7.91. The molecule has 1 aliphatic rings. The number of hydrogen-bond donors (Lipinski definition) is 1. The van der Waals surface area contributed by atoms with Gasteiger partial charge in [0.05, 0.1) is 12.3 Å². The Morgan fingerprint density at radius 2 is 1.91 bits per heavy atom. The molecule has 0 spiro atoms. The highest BCUT2D eigenvalue weighted by molar-refractivity contribution is 7.90. The van der Waals surface area contributed by atoms with E-state index >= 15 is 0 Å². The summed E-state index contributed by atoms with van der Waals surface area (Å²) in [6, 6.07) is 5.38. The van der Waals surface area contributed by atoms with Gasteiger partial charge in [0.25, 0.3) is 5.91 Å². The number of sulfone groups is 1. The molecule has 0 bridgehead atoms. The molecule has 0 unspecified atom stereocenters. The van der Waals surface area contributed by atoms with Crippen LogP contribution in [0.5, 0.6) is 5.75 Å². The van der Waals surface area contributed by atoms with Crippen molar-refractivity contribution >= 4 is 33.4 Å². The standard InChI is InChI=1S/C14H17ClN2O5S/c1-23(20,21)9-6-12-13(18)17(14(19)16-12)7-8-22-11-4-2-10(15)3-5-11/h2-5,12H,6-9H2,1H3,(H,16,19)/t12-/m1/s1. The number of hydrogen-bond acceptors (Lipinski definition) is 5. The molecule has 1 fully saturated rings. The minimum atomic E-state index is -3.18. The van der Waals surface area contributed by atoms with Crippen LogP contribution in [0.3, 0.4) is 0 Å². The van der Waals surface area contributed by atoms with Crippen molar-refractivity contribution in [2.24, 2.45) is 0 Å². The third kappa shape index (κ3) is 5.11. The third-order valence-corrected chi connectivity index (χ3v) is 4.51. The Hall–Kier alpha value is -1.80. The van der Waals surface area contributed by atoms with Gasteiger partial charge in [-0.3, -0.25) is 9.69 Å². The molecule has 126 valence electrons. The van der Waals surface area contributed by atoms with Gasteiger partial charge in [0.1, 0.15) is 28.2 Å². The van der Waals surface area contributed by atoms with Crippen molar-refractivity contribution in [3.8, 4) is 5.75 Å². The predicted molar refractivity (Wildman–Crippen MR) is 85.3 cm³/mol. The van der Waals surface area contributed by atoms with Crippen LogP contribution in [-0.2, 0) is 14.6 Å². The number of benzene rings is 1. The maximum atomic E-state index is 12.1. The molecular weight excluding hydrogens is 344 g/mol. The van der Waals surface area contributed by atoms with E-state index in [1.165, 1.54) is 0 Å². The first-order chi connectivity index (χ1) is 10.8. The van der Waals surface area contributed by atoms with Crippen molar-refractivity contribution in [3.05, 3.63) is 29.3 Å². The molecule has 1 heterocycles. The molecule has 1 aromatic rings. The van der Waals surface area contributed by atoms with Gasteiger partial charge in [-0.05, 0) is 30.7 Å². The molecular formula is C14H17ClN2O5S. The van der Waals surface area contributed by atoms with E-state index in [1.54, 1.807) is 24.3 Å². The van der Waals surface area contributed by atoms with E-state index in [-0.39, 0.29) is 25.3 Å². The lowest BCUT2D eigenvalue weighted by molar-refractivity contribution is -0.127. The molecule has 9 heteroatoms. The summed E-state index contributed by atoms with van der Waals surface area (Å²) in [6.45, 7) is 0.224. The van der Waals surface area contributed by atoms with Gasteiger partial charge in [0, 0.05) is 11.3 Å². The second-order valence-electron chi connectivity index (χ2n) is 5.21. The van der Waals surface area contributed by atoms with E-state index in [0.29, 0.717) is 10.8 Å². The number of amides is 3. The molecule has 0 aromatic heterocycles. The van der Waals surface area contributed by atoms with Crippen LogP contribution in [0.25, 0.3) is 0 Å². The summed E-state index contributed by atoms with van der Waals surface area (Å²) in [6.07, 6.45) is 1.16. The van der Waals surface area contributed by atoms with Gasteiger partial charge >= 0.3 is 6.03 Å². The topological polar surface area (TPSA) is 92.8 Å². The van der Waals surface area contributed by atoms with Gasteiger partial charge in [-0.25, -0.2) is 13.2 Å². The van der Waals surface area contributed by atoms with E-state index in [9.17, 15) is 18.0 Å². The van der Waals surface area contributed by atoms with Crippen LogP contribution < -0.4 is 10.1 Å². The molecule has 0 radical (unpaired) electrons. The lowest BCUT2D eigenvalue weighted by atomic mass is 10.2. The number of ether oxygens (including phenoxy) is 1. The summed E-state index contributed by atoms with van der Waals surface area (Å²) < 4.78 is 27.7. The van der Waals surface area contributed by atoms with E-state index in [4.69, 9.17) is 16.3 Å². The monoisotopic (exact) mass is 360 g/mol. The Bertz CT molecular complexity index is 690. The number of nitrogens with one attached hydrogen (secondary N) is 1. The summed E-state index contributed by atoms with van der Waals surface area (Å²) in [5.74, 6) is -0.00727. The highest BCUT2D eigenvalue weighted by atomic mass is 35.5.